The van der Waals surface area contributed by atoms with Crippen molar-refractivity contribution in [2.75, 3.05) is 59.0 Å². The molecule has 2 aliphatic rings. The third-order valence-electron chi connectivity index (χ3n) is 7.98. The molecule has 59 heavy (non-hydrogen) atoms. The van der Waals surface area contributed by atoms with Crippen LogP contribution in [0.4, 0.5) is 9.59 Å². The van der Waals surface area contributed by atoms with Gasteiger partial charge in [0.2, 0.25) is 29.5 Å². The van der Waals surface area contributed by atoms with Crippen LogP contribution in [0.25, 0.3) is 0 Å². The molecule has 0 aromatic rings. The van der Waals surface area contributed by atoms with Gasteiger partial charge in [-0.15, -0.1) is 0 Å². The van der Waals surface area contributed by atoms with Crippen molar-refractivity contribution in [3.8, 4) is 0 Å². The summed E-state index contributed by atoms with van der Waals surface area (Å²) in [7, 11) is 0. The molecule has 1 unspecified atom stereocenters. The molecule has 1 atom stereocenters. The van der Waals surface area contributed by atoms with E-state index in [9.17, 15) is 52.7 Å². The average molecular weight is 836 g/mol. The van der Waals surface area contributed by atoms with Gasteiger partial charge in [-0.25, -0.2) is 9.59 Å². The Morgan fingerprint density at radius 3 is 1.37 bits per heavy atom. The lowest BCUT2D eigenvalue weighted by atomic mass is 10.1. The number of alkyl carbamates (subject to hydrolysis) is 2. The third kappa shape index (κ3) is 23.5. The normalized spacial score (nSPS) is 13.3. The van der Waals surface area contributed by atoms with Crippen LogP contribution in [-0.2, 0) is 52.6 Å². The first-order valence-corrected chi connectivity index (χ1v) is 19.3. The van der Waals surface area contributed by atoms with Gasteiger partial charge in [0.15, 0.2) is 0 Å². The van der Waals surface area contributed by atoms with E-state index in [1.165, 1.54) is 6.92 Å². The SMILES string of the molecule is CC(=O)NC(CC(=O)NCCNC(=O)CCN1C(=O)C=CC1=O)CC(=O)NCCNC(=O)CCN1C(=O)C=CC1=O.CCOC(=O)NCCCCC(C)NC(=O)OCC. The van der Waals surface area contributed by atoms with Crippen molar-refractivity contribution < 1.29 is 62.2 Å². The number of hydrogen-bond donors (Lipinski definition) is 7. The molecule has 2 aliphatic heterocycles. The fourth-order valence-electron chi connectivity index (χ4n) is 5.16. The number of ether oxygens (including phenoxy) is 2. The summed E-state index contributed by atoms with van der Waals surface area (Å²) >= 11 is 0. The van der Waals surface area contributed by atoms with Gasteiger partial charge in [-0.05, 0) is 40.0 Å². The Balaban J connectivity index is 0.000000811. The lowest BCUT2D eigenvalue weighted by Gasteiger charge is -2.18. The van der Waals surface area contributed by atoms with Crippen LogP contribution in [0.3, 0.4) is 0 Å². The quantitative estimate of drug-likeness (QED) is 0.0404. The third-order valence-corrected chi connectivity index (χ3v) is 7.98. The van der Waals surface area contributed by atoms with Crippen LogP contribution < -0.4 is 37.2 Å². The van der Waals surface area contributed by atoms with E-state index in [0.717, 1.165) is 53.4 Å². The van der Waals surface area contributed by atoms with Crippen molar-refractivity contribution in [1.29, 1.82) is 0 Å². The Morgan fingerprint density at radius 2 is 0.966 bits per heavy atom. The monoisotopic (exact) mass is 835 g/mol. The minimum atomic E-state index is -0.801. The van der Waals surface area contributed by atoms with Crippen molar-refractivity contribution in [2.45, 2.75) is 84.7 Å². The Bertz CT molecular complexity index is 1450. The van der Waals surface area contributed by atoms with E-state index in [0.29, 0.717) is 19.8 Å². The van der Waals surface area contributed by atoms with Gasteiger partial charge in [-0.1, -0.05) is 0 Å². The smallest absolute Gasteiger partial charge is 0.407 e. The number of hydrogen-bond acceptors (Lipinski definition) is 13. The molecule has 328 valence electrons. The molecule has 0 aliphatic carbocycles. The van der Waals surface area contributed by atoms with Crippen molar-refractivity contribution in [1.82, 2.24) is 47.0 Å². The highest BCUT2D eigenvalue weighted by Crippen LogP contribution is 2.05. The summed E-state index contributed by atoms with van der Waals surface area (Å²) in [5.41, 5.74) is 0. The molecule has 11 amide bonds. The fourth-order valence-corrected chi connectivity index (χ4v) is 5.16. The van der Waals surface area contributed by atoms with E-state index < -0.39 is 59.2 Å². The molecule has 0 saturated heterocycles. The minimum Gasteiger partial charge on any atom is -0.450 e. The molecule has 0 radical (unpaired) electrons. The highest BCUT2D eigenvalue weighted by molar-refractivity contribution is 6.13. The van der Waals surface area contributed by atoms with Crippen molar-refractivity contribution in [2.24, 2.45) is 0 Å². The summed E-state index contributed by atoms with van der Waals surface area (Å²) in [5.74, 6) is -4.13. The maximum absolute atomic E-state index is 12.3. The van der Waals surface area contributed by atoms with Crippen LogP contribution in [-0.4, -0.2) is 146 Å². The topological polar surface area (TPSA) is 297 Å². The molecular weight excluding hydrogens is 778 g/mol. The van der Waals surface area contributed by atoms with Crippen molar-refractivity contribution in [3.05, 3.63) is 24.3 Å². The molecule has 7 N–H and O–H groups in total. The number of nitrogens with one attached hydrogen (secondary N) is 7. The summed E-state index contributed by atoms with van der Waals surface area (Å²) in [5, 5.41) is 18.1. The lowest BCUT2D eigenvalue weighted by molar-refractivity contribution is -0.139. The molecule has 2 rings (SSSR count). The van der Waals surface area contributed by atoms with Crippen molar-refractivity contribution in [3.63, 3.8) is 0 Å². The van der Waals surface area contributed by atoms with Gasteiger partial charge in [-0.2, -0.15) is 0 Å². The van der Waals surface area contributed by atoms with E-state index >= 15 is 0 Å². The van der Waals surface area contributed by atoms with Crippen LogP contribution >= 0.6 is 0 Å². The minimum absolute atomic E-state index is 0.0589. The molecule has 0 spiro atoms. The second-order valence-electron chi connectivity index (χ2n) is 12.9. The molecule has 22 heteroatoms. The molecule has 0 bridgehead atoms. The first-order valence-electron chi connectivity index (χ1n) is 19.3. The summed E-state index contributed by atoms with van der Waals surface area (Å²) < 4.78 is 9.50. The summed E-state index contributed by atoms with van der Waals surface area (Å²) in [6.07, 6.45) is 5.78. The average Bonchev–Trinajstić information content (AvgIpc) is 3.66. The number of rotatable bonds is 25. The zero-order valence-electron chi connectivity index (χ0n) is 34.0. The summed E-state index contributed by atoms with van der Waals surface area (Å²) in [6.45, 7) is 8.25. The maximum atomic E-state index is 12.3. The highest BCUT2D eigenvalue weighted by atomic mass is 16.6. The van der Waals surface area contributed by atoms with Gasteiger partial charge >= 0.3 is 12.2 Å². The molecule has 0 fully saturated rings. The van der Waals surface area contributed by atoms with E-state index in [-0.39, 0.29) is 83.2 Å². The number of imide groups is 2. The Morgan fingerprint density at radius 1 is 0.559 bits per heavy atom. The molecule has 2 heterocycles. The standard InChI is InChI=1S/C25H33N7O9.C12H24N2O4/c1-16(33)30-17(14-20(36)28-10-8-26-18(34)6-12-31-22(38)2-3-23(31)39)15-21(37)29-11-9-27-19(35)7-13-32-24(40)4-5-25(32)41;1-4-17-11(15)13-9-7-6-8-10(3)14-12(16)18-5-2/h2-5,17H,6-15H2,1H3,(H,26,34)(H,27,35)(H,28,36)(H,29,37)(H,30,33);10H,4-9H2,1-3H3,(H,13,15)(H,14,16). The van der Waals surface area contributed by atoms with Gasteiger partial charge in [0.1, 0.15) is 0 Å². The van der Waals surface area contributed by atoms with Crippen LogP contribution in [0.2, 0.25) is 0 Å². The van der Waals surface area contributed by atoms with Gasteiger partial charge in [0.25, 0.3) is 23.6 Å². The molecule has 0 saturated carbocycles. The fraction of sp³-hybridized carbons (Fsp3) is 0.595. The van der Waals surface area contributed by atoms with Crippen LogP contribution in [0.15, 0.2) is 24.3 Å². The Kier molecular flexibility index (Phi) is 24.9. The number of carbonyl (C=O) groups is 11. The maximum Gasteiger partial charge on any atom is 0.407 e. The molecule has 0 aromatic heterocycles. The van der Waals surface area contributed by atoms with E-state index in [2.05, 4.69) is 37.2 Å². The zero-order chi connectivity index (χ0) is 44.2. The molecular formula is C37H57N9O13. The van der Waals surface area contributed by atoms with E-state index in [4.69, 9.17) is 9.47 Å². The second-order valence-corrected chi connectivity index (χ2v) is 12.9. The predicted octanol–water partition coefficient (Wildman–Crippen LogP) is -1.60. The molecule has 22 nitrogen and oxygen atoms in total. The first kappa shape index (κ1) is 50.7. The predicted molar refractivity (Wildman–Crippen MR) is 208 cm³/mol. The Hall–Kier alpha value is -6.35. The number of carbonyl (C=O) groups excluding carboxylic acids is 11. The summed E-state index contributed by atoms with van der Waals surface area (Å²) in [6, 6.07) is -0.725. The van der Waals surface area contributed by atoms with Crippen LogP contribution in [0.5, 0.6) is 0 Å². The summed E-state index contributed by atoms with van der Waals surface area (Å²) in [4.78, 5) is 130. The van der Waals surface area contributed by atoms with Gasteiger partial charge < -0.3 is 46.7 Å². The molecule has 0 aromatic carbocycles. The number of unbranched alkanes of at least 4 members (excludes halogenated alkanes) is 1. The van der Waals surface area contributed by atoms with Gasteiger partial charge in [0.05, 0.1) is 13.2 Å². The van der Waals surface area contributed by atoms with E-state index in [1.54, 1.807) is 13.8 Å². The van der Waals surface area contributed by atoms with Gasteiger partial charge in [-0.3, -0.25) is 53.0 Å². The highest BCUT2D eigenvalue weighted by Gasteiger charge is 2.25. The van der Waals surface area contributed by atoms with Gasteiger partial charge in [0, 0.05) is 115 Å². The number of amides is 11. The largest absolute Gasteiger partial charge is 0.450 e. The van der Waals surface area contributed by atoms with Crippen LogP contribution in [0, 0.1) is 0 Å². The zero-order valence-corrected chi connectivity index (χ0v) is 34.0. The Labute approximate surface area is 342 Å². The van der Waals surface area contributed by atoms with Crippen LogP contribution in [0.1, 0.15) is 72.6 Å². The van der Waals surface area contributed by atoms with E-state index in [1.807, 2.05) is 6.92 Å². The second kappa shape index (κ2) is 29.0. The lowest BCUT2D eigenvalue weighted by Crippen LogP contribution is -2.43. The van der Waals surface area contributed by atoms with Crippen molar-refractivity contribution >= 4 is 65.4 Å². The first-order chi connectivity index (χ1) is 28.1. The number of nitrogens with zero attached hydrogens (tertiary/aromatic N) is 2.